The topological polar surface area (TPSA) is 21.3 Å². The van der Waals surface area contributed by atoms with Crippen LogP contribution in [-0.4, -0.2) is 25.8 Å². The van der Waals surface area contributed by atoms with E-state index in [1.54, 1.807) is 0 Å². The van der Waals surface area contributed by atoms with Gasteiger partial charge in [-0.15, -0.1) is 0 Å². The van der Waals surface area contributed by atoms with Gasteiger partial charge in [-0.05, 0) is 31.7 Å². The van der Waals surface area contributed by atoms with Crippen molar-refractivity contribution in [2.24, 2.45) is 5.92 Å². The summed E-state index contributed by atoms with van der Waals surface area (Å²) in [6.45, 7) is 10.2. The minimum absolute atomic E-state index is 0.388. The highest BCUT2D eigenvalue weighted by Crippen LogP contribution is 2.15. The summed E-state index contributed by atoms with van der Waals surface area (Å²) in [5.74, 6) is 0.814. The van der Waals surface area contributed by atoms with Gasteiger partial charge in [-0.3, -0.25) is 0 Å². The first-order valence-corrected chi connectivity index (χ1v) is 7.41. The Balaban J connectivity index is 4.09. The smallest absolute Gasteiger partial charge is 0.0724 e. The van der Waals surface area contributed by atoms with Crippen LogP contribution in [0.3, 0.4) is 0 Å². The second-order valence-electron chi connectivity index (χ2n) is 5.45. The third-order valence-corrected chi connectivity index (χ3v) is 3.28. The van der Waals surface area contributed by atoms with Gasteiger partial charge in [-0.1, -0.05) is 47.0 Å². The van der Waals surface area contributed by atoms with Crippen LogP contribution in [0.5, 0.6) is 0 Å². The summed E-state index contributed by atoms with van der Waals surface area (Å²) in [5, 5.41) is 3.65. The van der Waals surface area contributed by atoms with Crippen molar-refractivity contribution in [2.45, 2.75) is 78.4 Å². The predicted octanol–water partition coefficient (Wildman–Crippen LogP) is 4.00. The monoisotopic (exact) mass is 243 g/mol. The summed E-state index contributed by atoms with van der Waals surface area (Å²) in [7, 11) is 1.85. The molecule has 0 aromatic rings. The summed E-state index contributed by atoms with van der Waals surface area (Å²) in [5.41, 5.74) is 0. The van der Waals surface area contributed by atoms with E-state index in [9.17, 15) is 0 Å². The molecule has 0 aliphatic heterocycles. The lowest BCUT2D eigenvalue weighted by Gasteiger charge is -2.27. The number of hydrogen-bond acceptors (Lipinski definition) is 2. The third-order valence-electron chi connectivity index (χ3n) is 3.28. The normalized spacial score (nSPS) is 15.2. The van der Waals surface area contributed by atoms with Gasteiger partial charge in [0.25, 0.3) is 0 Å². The number of rotatable bonds is 11. The van der Waals surface area contributed by atoms with E-state index in [0.717, 1.165) is 12.5 Å². The Kier molecular flexibility index (Phi) is 11.0. The first kappa shape index (κ1) is 16.9. The summed E-state index contributed by atoms with van der Waals surface area (Å²) in [4.78, 5) is 0. The van der Waals surface area contributed by atoms with Crippen molar-refractivity contribution < 1.29 is 4.74 Å². The molecule has 0 spiro atoms. The Bertz CT molecular complexity index is 159. The van der Waals surface area contributed by atoms with E-state index < -0.39 is 0 Å². The van der Waals surface area contributed by atoms with Gasteiger partial charge in [0.1, 0.15) is 0 Å². The fraction of sp³-hybridized carbons (Fsp3) is 1.00. The number of ether oxygens (including phenoxy) is 1. The van der Waals surface area contributed by atoms with Gasteiger partial charge < -0.3 is 10.1 Å². The Morgan fingerprint density at radius 2 is 1.71 bits per heavy atom. The van der Waals surface area contributed by atoms with Crippen molar-refractivity contribution in [1.29, 1.82) is 0 Å². The molecule has 0 saturated carbocycles. The molecule has 0 amide bonds. The molecule has 0 saturated heterocycles. The average molecular weight is 243 g/mol. The van der Waals surface area contributed by atoms with E-state index in [4.69, 9.17) is 4.74 Å². The molecule has 0 bridgehead atoms. The van der Waals surface area contributed by atoms with Crippen molar-refractivity contribution in [3.8, 4) is 0 Å². The lowest BCUT2D eigenvalue weighted by molar-refractivity contribution is 0.0570. The van der Waals surface area contributed by atoms with E-state index in [2.05, 4.69) is 33.0 Å². The molecule has 2 atom stereocenters. The van der Waals surface area contributed by atoms with Crippen molar-refractivity contribution in [1.82, 2.24) is 5.32 Å². The summed E-state index contributed by atoms with van der Waals surface area (Å²) >= 11 is 0. The SMILES string of the molecule is CCCNC(CCCC(C)C)C(CCC)OC. The first-order chi connectivity index (χ1) is 8.15. The maximum Gasteiger partial charge on any atom is 0.0724 e. The van der Waals surface area contributed by atoms with Gasteiger partial charge in [-0.2, -0.15) is 0 Å². The van der Waals surface area contributed by atoms with Crippen LogP contribution in [0.2, 0.25) is 0 Å². The third kappa shape index (κ3) is 8.62. The van der Waals surface area contributed by atoms with Gasteiger partial charge in [0.15, 0.2) is 0 Å². The molecule has 2 heteroatoms. The van der Waals surface area contributed by atoms with Crippen LogP contribution in [0, 0.1) is 5.92 Å². The van der Waals surface area contributed by atoms with Gasteiger partial charge in [0.05, 0.1) is 6.10 Å². The van der Waals surface area contributed by atoms with Gasteiger partial charge in [-0.25, -0.2) is 0 Å². The predicted molar refractivity (Wildman–Crippen MR) is 76.5 cm³/mol. The van der Waals surface area contributed by atoms with Crippen molar-refractivity contribution >= 4 is 0 Å². The number of nitrogens with one attached hydrogen (secondary N) is 1. The molecule has 0 aliphatic rings. The standard InChI is InChI=1S/C15H33NO/c1-6-9-15(17-5)14(16-12-7-2)11-8-10-13(3)4/h13-16H,6-12H2,1-5H3. The van der Waals surface area contributed by atoms with Gasteiger partial charge in [0.2, 0.25) is 0 Å². The fourth-order valence-electron chi connectivity index (χ4n) is 2.26. The molecule has 0 aromatic carbocycles. The molecule has 2 nitrogen and oxygen atoms in total. The van der Waals surface area contributed by atoms with E-state index in [0.29, 0.717) is 12.1 Å². The zero-order chi connectivity index (χ0) is 13.1. The van der Waals surface area contributed by atoms with E-state index in [1.165, 1.54) is 38.5 Å². The van der Waals surface area contributed by atoms with Crippen molar-refractivity contribution in [3.05, 3.63) is 0 Å². The maximum atomic E-state index is 5.64. The summed E-state index contributed by atoms with van der Waals surface area (Å²) < 4.78 is 5.64. The highest BCUT2D eigenvalue weighted by Gasteiger charge is 2.19. The first-order valence-electron chi connectivity index (χ1n) is 7.41. The van der Waals surface area contributed by atoms with Gasteiger partial charge in [0, 0.05) is 13.2 Å². The van der Waals surface area contributed by atoms with Crippen LogP contribution >= 0.6 is 0 Å². The fourth-order valence-corrected chi connectivity index (χ4v) is 2.26. The van der Waals surface area contributed by atoms with Crippen LogP contribution in [0.25, 0.3) is 0 Å². The van der Waals surface area contributed by atoms with Crippen LogP contribution in [0.1, 0.15) is 66.2 Å². The molecule has 0 aromatic heterocycles. The quantitative estimate of drug-likeness (QED) is 0.592. The second-order valence-corrected chi connectivity index (χ2v) is 5.45. The minimum Gasteiger partial charge on any atom is -0.380 e. The van der Waals surface area contributed by atoms with E-state index in [1.807, 2.05) is 7.11 Å². The molecule has 17 heavy (non-hydrogen) atoms. The molecular formula is C15H33NO. The molecule has 0 fully saturated rings. The molecule has 0 aliphatic carbocycles. The van der Waals surface area contributed by atoms with E-state index in [-0.39, 0.29) is 0 Å². The molecule has 104 valence electrons. The van der Waals surface area contributed by atoms with Crippen LogP contribution in [-0.2, 0) is 4.74 Å². The lowest BCUT2D eigenvalue weighted by atomic mass is 9.97. The largest absolute Gasteiger partial charge is 0.380 e. The number of hydrogen-bond donors (Lipinski definition) is 1. The summed E-state index contributed by atoms with van der Waals surface area (Å²) in [6.07, 6.45) is 7.83. The van der Waals surface area contributed by atoms with Crippen LogP contribution in [0.4, 0.5) is 0 Å². The molecule has 0 heterocycles. The second kappa shape index (κ2) is 11.0. The Hall–Kier alpha value is -0.0800. The van der Waals surface area contributed by atoms with Crippen molar-refractivity contribution in [2.75, 3.05) is 13.7 Å². The lowest BCUT2D eigenvalue weighted by Crippen LogP contribution is -2.41. The zero-order valence-corrected chi connectivity index (χ0v) is 12.6. The average Bonchev–Trinajstić information content (AvgIpc) is 2.30. The van der Waals surface area contributed by atoms with Crippen LogP contribution in [0.15, 0.2) is 0 Å². The Labute approximate surface area is 109 Å². The molecule has 2 unspecified atom stereocenters. The maximum absolute atomic E-state index is 5.64. The Morgan fingerprint density at radius 3 is 2.18 bits per heavy atom. The highest BCUT2D eigenvalue weighted by molar-refractivity contribution is 4.77. The molecule has 1 N–H and O–H groups in total. The van der Waals surface area contributed by atoms with Crippen LogP contribution < -0.4 is 5.32 Å². The highest BCUT2D eigenvalue weighted by atomic mass is 16.5. The minimum atomic E-state index is 0.388. The summed E-state index contributed by atoms with van der Waals surface area (Å²) in [6, 6.07) is 0.540. The van der Waals surface area contributed by atoms with Gasteiger partial charge >= 0.3 is 0 Å². The Morgan fingerprint density at radius 1 is 1.00 bits per heavy atom. The van der Waals surface area contributed by atoms with Crippen molar-refractivity contribution in [3.63, 3.8) is 0 Å². The molecular weight excluding hydrogens is 210 g/mol. The molecule has 0 rings (SSSR count). The number of methoxy groups -OCH3 is 1. The van der Waals surface area contributed by atoms with E-state index >= 15 is 0 Å². The zero-order valence-electron chi connectivity index (χ0n) is 12.6. The molecule has 0 radical (unpaired) electrons.